The minimum absolute atomic E-state index is 0.134. The third-order valence-corrected chi connectivity index (χ3v) is 5.87. The molecule has 0 bridgehead atoms. The Labute approximate surface area is 134 Å². The van der Waals surface area contributed by atoms with Gasteiger partial charge in [-0.1, -0.05) is 49.9 Å². The van der Waals surface area contributed by atoms with Gasteiger partial charge in [-0.05, 0) is 50.4 Å². The lowest BCUT2D eigenvalue weighted by Crippen LogP contribution is -2.58. The topological polar surface area (TPSA) is 29.3 Å². The highest BCUT2D eigenvalue weighted by Crippen LogP contribution is 2.42. The highest BCUT2D eigenvalue weighted by molar-refractivity contribution is 6.30. The Bertz CT molecular complexity index is 462. The van der Waals surface area contributed by atoms with Crippen molar-refractivity contribution < 1.29 is 0 Å². The number of halogens is 1. The second-order valence-corrected chi connectivity index (χ2v) is 6.94. The average molecular weight is 309 g/mol. The fourth-order valence-corrected chi connectivity index (χ4v) is 4.33. The minimum atomic E-state index is 0.134. The summed E-state index contributed by atoms with van der Waals surface area (Å²) >= 11 is 6.16. The van der Waals surface area contributed by atoms with Crippen molar-refractivity contribution in [3.05, 3.63) is 34.9 Å². The summed E-state index contributed by atoms with van der Waals surface area (Å²) < 4.78 is 0. The highest BCUT2D eigenvalue weighted by Gasteiger charge is 2.43. The number of rotatable bonds is 5. The third kappa shape index (κ3) is 3.28. The Morgan fingerprint density at radius 2 is 2.19 bits per heavy atom. The molecule has 0 aliphatic heterocycles. The van der Waals surface area contributed by atoms with Crippen molar-refractivity contribution in [1.82, 2.24) is 4.90 Å². The Hall–Kier alpha value is -0.570. The fourth-order valence-electron chi connectivity index (χ4n) is 4.13. The van der Waals surface area contributed by atoms with Gasteiger partial charge < -0.3 is 5.73 Å². The number of nitrogens with two attached hydrogens (primary N) is 1. The van der Waals surface area contributed by atoms with E-state index in [1.165, 1.54) is 37.7 Å². The molecule has 1 aromatic rings. The zero-order valence-electron chi connectivity index (χ0n) is 13.6. The normalized spacial score (nSPS) is 27.8. The first kappa shape index (κ1) is 16.8. The van der Waals surface area contributed by atoms with Crippen LogP contribution < -0.4 is 5.73 Å². The van der Waals surface area contributed by atoms with Crippen LogP contribution in [0.25, 0.3) is 0 Å². The first-order valence-corrected chi connectivity index (χ1v) is 8.61. The molecule has 0 radical (unpaired) electrons. The van der Waals surface area contributed by atoms with Gasteiger partial charge in [-0.3, -0.25) is 4.90 Å². The predicted molar refractivity (Wildman–Crippen MR) is 91.7 cm³/mol. The van der Waals surface area contributed by atoms with E-state index in [1.54, 1.807) is 0 Å². The van der Waals surface area contributed by atoms with Crippen molar-refractivity contribution in [2.24, 2.45) is 11.7 Å². The molecule has 2 N–H and O–H groups in total. The molecule has 1 saturated carbocycles. The SMILES string of the molecule is CCC1CCCCC1(CN)N(C)C(C)c1cccc(Cl)c1. The summed E-state index contributed by atoms with van der Waals surface area (Å²) in [5.74, 6) is 0.697. The van der Waals surface area contributed by atoms with Gasteiger partial charge in [0.25, 0.3) is 0 Å². The molecule has 1 aromatic carbocycles. The van der Waals surface area contributed by atoms with E-state index in [4.69, 9.17) is 17.3 Å². The van der Waals surface area contributed by atoms with Gasteiger partial charge in [-0.15, -0.1) is 0 Å². The monoisotopic (exact) mass is 308 g/mol. The van der Waals surface area contributed by atoms with Gasteiger partial charge in [0, 0.05) is 23.1 Å². The number of hydrogen-bond acceptors (Lipinski definition) is 2. The Kier molecular flexibility index (Phi) is 5.70. The van der Waals surface area contributed by atoms with Gasteiger partial charge in [-0.25, -0.2) is 0 Å². The fraction of sp³-hybridized carbons (Fsp3) is 0.667. The largest absolute Gasteiger partial charge is 0.329 e. The summed E-state index contributed by atoms with van der Waals surface area (Å²) in [6.45, 7) is 5.32. The summed E-state index contributed by atoms with van der Waals surface area (Å²) in [6, 6.07) is 8.55. The van der Waals surface area contributed by atoms with E-state index in [1.807, 2.05) is 12.1 Å². The number of likely N-dealkylation sites (N-methyl/N-ethyl adjacent to an activating group) is 1. The molecular weight excluding hydrogens is 280 g/mol. The summed E-state index contributed by atoms with van der Waals surface area (Å²) in [4.78, 5) is 2.52. The lowest BCUT2D eigenvalue weighted by atomic mass is 9.70. The van der Waals surface area contributed by atoms with Crippen LogP contribution in [0.15, 0.2) is 24.3 Å². The molecule has 0 saturated heterocycles. The van der Waals surface area contributed by atoms with E-state index in [0.717, 1.165) is 11.6 Å². The zero-order chi connectivity index (χ0) is 15.5. The standard InChI is InChI=1S/C18H29ClN2/c1-4-16-9-5-6-11-18(16,13-20)21(3)14(2)15-8-7-10-17(19)12-15/h7-8,10,12,14,16H,4-6,9,11,13,20H2,1-3H3. The zero-order valence-corrected chi connectivity index (χ0v) is 14.4. The molecule has 3 unspecified atom stereocenters. The Morgan fingerprint density at radius 1 is 1.43 bits per heavy atom. The third-order valence-electron chi connectivity index (χ3n) is 5.63. The summed E-state index contributed by atoms with van der Waals surface area (Å²) in [6.07, 6.45) is 6.37. The van der Waals surface area contributed by atoms with Crippen LogP contribution in [-0.2, 0) is 0 Å². The molecule has 1 aliphatic rings. The second kappa shape index (κ2) is 7.13. The van der Waals surface area contributed by atoms with Crippen LogP contribution in [0.2, 0.25) is 5.02 Å². The van der Waals surface area contributed by atoms with E-state index in [0.29, 0.717) is 12.0 Å². The van der Waals surface area contributed by atoms with Gasteiger partial charge in [-0.2, -0.15) is 0 Å². The van der Waals surface area contributed by atoms with E-state index in [-0.39, 0.29) is 5.54 Å². The van der Waals surface area contributed by atoms with Crippen LogP contribution in [0.3, 0.4) is 0 Å². The Balaban J connectivity index is 2.28. The molecule has 21 heavy (non-hydrogen) atoms. The summed E-state index contributed by atoms with van der Waals surface area (Å²) in [5, 5.41) is 0.810. The molecule has 1 aliphatic carbocycles. The van der Waals surface area contributed by atoms with E-state index >= 15 is 0 Å². The van der Waals surface area contributed by atoms with Gasteiger partial charge in [0.2, 0.25) is 0 Å². The smallest absolute Gasteiger partial charge is 0.0409 e. The molecule has 3 atom stereocenters. The van der Waals surface area contributed by atoms with Crippen LogP contribution in [-0.4, -0.2) is 24.0 Å². The predicted octanol–water partition coefficient (Wildman–Crippen LogP) is 4.63. The molecule has 0 heterocycles. The quantitative estimate of drug-likeness (QED) is 0.859. The van der Waals surface area contributed by atoms with Crippen LogP contribution in [0.1, 0.15) is 57.6 Å². The first-order valence-electron chi connectivity index (χ1n) is 8.23. The average Bonchev–Trinajstić information content (AvgIpc) is 2.53. The van der Waals surface area contributed by atoms with Gasteiger partial charge in [0.1, 0.15) is 0 Å². The van der Waals surface area contributed by atoms with Crippen molar-refractivity contribution >= 4 is 11.6 Å². The molecule has 118 valence electrons. The maximum absolute atomic E-state index is 6.28. The molecule has 2 rings (SSSR count). The lowest BCUT2D eigenvalue weighted by molar-refractivity contribution is -0.00241. The molecule has 0 amide bonds. The first-order chi connectivity index (χ1) is 10.0. The maximum Gasteiger partial charge on any atom is 0.0409 e. The van der Waals surface area contributed by atoms with Crippen molar-refractivity contribution in [2.45, 2.75) is 57.5 Å². The number of hydrogen-bond donors (Lipinski definition) is 1. The van der Waals surface area contributed by atoms with E-state index < -0.39 is 0 Å². The highest BCUT2D eigenvalue weighted by atomic mass is 35.5. The van der Waals surface area contributed by atoms with Crippen LogP contribution in [0.5, 0.6) is 0 Å². The minimum Gasteiger partial charge on any atom is -0.329 e. The lowest BCUT2D eigenvalue weighted by Gasteiger charge is -2.52. The van der Waals surface area contributed by atoms with Crippen molar-refractivity contribution in [2.75, 3.05) is 13.6 Å². The van der Waals surface area contributed by atoms with Crippen molar-refractivity contribution in [1.29, 1.82) is 0 Å². The molecular formula is C18H29ClN2. The van der Waals surface area contributed by atoms with E-state index in [9.17, 15) is 0 Å². The van der Waals surface area contributed by atoms with Crippen LogP contribution in [0.4, 0.5) is 0 Å². The molecule has 2 nitrogen and oxygen atoms in total. The summed E-state index contributed by atoms with van der Waals surface area (Å²) in [7, 11) is 2.24. The van der Waals surface area contributed by atoms with E-state index in [2.05, 4.69) is 37.9 Å². The van der Waals surface area contributed by atoms with Gasteiger partial charge in [0.05, 0.1) is 0 Å². The Morgan fingerprint density at radius 3 is 2.81 bits per heavy atom. The molecule has 0 aromatic heterocycles. The van der Waals surface area contributed by atoms with Gasteiger partial charge >= 0.3 is 0 Å². The van der Waals surface area contributed by atoms with Crippen LogP contribution >= 0.6 is 11.6 Å². The number of nitrogens with zero attached hydrogens (tertiary/aromatic N) is 1. The van der Waals surface area contributed by atoms with Gasteiger partial charge in [0.15, 0.2) is 0 Å². The van der Waals surface area contributed by atoms with Crippen molar-refractivity contribution in [3.8, 4) is 0 Å². The number of benzene rings is 1. The molecule has 0 spiro atoms. The maximum atomic E-state index is 6.28. The summed E-state index contributed by atoms with van der Waals surface area (Å²) in [5.41, 5.74) is 7.69. The van der Waals surface area contributed by atoms with Crippen LogP contribution in [0, 0.1) is 5.92 Å². The second-order valence-electron chi connectivity index (χ2n) is 6.50. The molecule has 3 heteroatoms. The van der Waals surface area contributed by atoms with Crippen molar-refractivity contribution in [3.63, 3.8) is 0 Å². The molecule has 1 fully saturated rings.